The fraction of sp³-hybridized carbons (Fsp3) is 0.467. The molecule has 1 atom stereocenters. The maximum absolute atomic E-state index is 6.12. The first-order valence-electron chi connectivity index (χ1n) is 7.52. The molecule has 0 radical (unpaired) electrons. The second kappa shape index (κ2) is 6.45. The van der Waals surface area contributed by atoms with Gasteiger partial charge in [-0.05, 0) is 32.8 Å². The third-order valence-electron chi connectivity index (χ3n) is 3.62. The highest BCUT2D eigenvalue weighted by Gasteiger charge is 2.19. The van der Waals surface area contributed by atoms with Gasteiger partial charge < -0.3 is 10.3 Å². The molecule has 2 N–H and O–H groups in total. The fourth-order valence-electron chi connectivity index (χ4n) is 2.28. The first-order valence-corrected chi connectivity index (χ1v) is 9.21. The van der Waals surface area contributed by atoms with Gasteiger partial charge in [0, 0.05) is 11.3 Å². The lowest BCUT2D eigenvalue weighted by atomic mass is 10.2. The van der Waals surface area contributed by atoms with E-state index in [2.05, 4.69) is 40.9 Å². The Morgan fingerprint density at radius 1 is 1.26 bits per heavy atom. The predicted octanol–water partition coefficient (Wildman–Crippen LogP) is 4.08. The van der Waals surface area contributed by atoms with Crippen LogP contribution in [0.25, 0.3) is 10.2 Å². The summed E-state index contributed by atoms with van der Waals surface area (Å²) in [5.74, 6) is 1.87. The molecule has 23 heavy (non-hydrogen) atoms. The molecule has 8 heteroatoms. The molecule has 0 aliphatic heterocycles. The number of nitrogens with two attached hydrogens (primary N) is 1. The Labute approximate surface area is 142 Å². The van der Waals surface area contributed by atoms with Crippen molar-refractivity contribution in [3.05, 3.63) is 22.2 Å². The van der Waals surface area contributed by atoms with Crippen LogP contribution in [0.4, 0.5) is 5.82 Å². The van der Waals surface area contributed by atoms with E-state index >= 15 is 0 Å². The minimum atomic E-state index is -0.0212. The van der Waals surface area contributed by atoms with E-state index in [1.165, 1.54) is 16.6 Å². The number of hydrogen-bond donors (Lipinski definition) is 1. The van der Waals surface area contributed by atoms with Crippen molar-refractivity contribution in [2.45, 2.75) is 50.9 Å². The van der Waals surface area contributed by atoms with E-state index in [0.717, 1.165) is 34.4 Å². The molecule has 0 amide bonds. The Kier molecular flexibility index (Phi) is 4.54. The zero-order chi connectivity index (χ0) is 16.6. The number of nitrogen functional groups attached to an aromatic ring is 1. The van der Waals surface area contributed by atoms with Crippen LogP contribution in [0.1, 0.15) is 47.7 Å². The van der Waals surface area contributed by atoms with E-state index in [1.54, 1.807) is 11.3 Å². The van der Waals surface area contributed by atoms with E-state index in [0.29, 0.717) is 16.9 Å². The number of anilines is 1. The molecule has 122 valence electrons. The van der Waals surface area contributed by atoms with Gasteiger partial charge in [0.1, 0.15) is 10.6 Å². The van der Waals surface area contributed by atoms with Crippen molar-refractivity contribution in [1.82, 2.24) is 20.1 Å². The van der Waals surface area contributed by atoms with Crippen LogP contribution in [-0.2, 0) is 6.42 Å². The molecule has 6 nitrogen and oxygen atoms in total. The Bertz CT molecular complexity index is 842. The van der Waals surface area contributed by atoms with Gasteiger partial charge >= 0.3 is 0 Å². The van der Waals surface area contributed by atoms with Crippen LogP contribution < -0.4 is 5.73 Å². The normalized spacial score (nSPS) is 12.9. The van der Waals surface area contributed by atoms with Gasteiger partial charge in [-0.15, -0.1) is 11.3 Å². The molecule has 0 saturated carbocycles. The van der Waals surface area contributed by atoms with E-state index in [9.17, 15) is 0 Å². The molecule has 0 aliphatic carbocycles. The molecule has 0 saturated heterocycles. The van der Waals surface area contributed by atoms with E-state index < -0.39 is 0 Å². The second-order valence-electron chi connectivity index (χ2n) is 5.41. The molecular formula is C15H19N5OS2. The van der Waals surface area contributed by atoms with Crippen LogP contribution in [0, 0.1) is 13.8 Å². The van der Waals surface area contributed by atoms with Gasteiger partial charge in [-0.25, -0.2) is 9.97 Å². The summed E-state index contributed by atoms with van der Waals surface area (Å²) in [5.41, 5.74) is 7.28. The summed E-state index contributed by atoms with van der Waals surface area (Å²) in [4.78, 5) is 15.6. The van der Waals surface area contributed by atoms with Crippen molar-refractivity contribution in [2.24, 2.45) is 0 Å². The Morgan fingerprint density at radius 2 is 2.04 bits per heavy atom. The minimum absolute atomic E-state index is 0.0212. The van der Waals surface area contributed by atoms with Crippen LogP contribution in [-0.4, -0.2) is 20.1 Å². The third-order valence-corrected chi connectivity index (χ3v) is 5.67. The first-order chi connectivity index (χ1) is 11.0. The van der Waals surface area contributed by atoms with Crippen LogP contribution in [0.3, 0.4) is 0 Å². The quantitative estimate of drug-likeness (QED) is 0.548. The van der Waals surface area contributed by atoms with Crippen LogP contribution in [0.5, 0.6) is 0 Å². The van der Waals surface area contributed by atoms with Gasteiger partial charge in [-0.3, -0.25) is 0 Å². The van der Waals surface area contributed by atoms with Gasteiger partial charge in [0.15, 0.2) is 11.0 Å². The number of thiophene rings is 1. The molecular weight excluding hydrogens is 330 g/mol. The highest BCUT2D eigenvalue weighted by atomic mass is 32.2. The minimum Gasteiger partial charge on any atom is -0.383 e. The van der Waals surface area contributed by atoms with E-state index in [-0.39, 0.29) is 5.25 Å². The van der Waals surface area contributed by atoms with Crippen molar-refractivity contribution in [1.29, 1.82) is 0 Å². The molecule has 0 bridgehead atoms. The zero-order valence-corrected chi connectivity index (χ0v) is 15.2. The zero-order valence-electron chi connectivity index (χ0n) is 13.6. The average Bonchev–Trinajstić information content (AvgIpc) is 3.05. The summed E-state index contributed by atoms with van der Waals surface area (Å²) in [6.07, 6.45) is 1.82. The monoisotopic (exact) mass is 349 g/mol. The van der Waals surface area contributed by atoms with Crippen molar-refractivity contribution < 1.29 is 4.52 Å². The standard InChI is InChI=1S/C15H19N5OS2/c1-5-6-10-17-13(21-20-10)9(4)23-15-18-12(16)11-7(2)8(3)22-14(11)19-15/h9H,5-6H2,1-4H3,(H2,16,18,19). The summed E-state index contributed by atoms with van der Waals surface area (Å²) in [6, 6.07) is 0. The van der Waals surface area contributed by atoms with Gasteiger partial charge in [0.2, 0.25) is 5.89 Å². The summed E-state index contributed by atoms with van der Waals surface area (Å²) >= 11 is 3.13. The number of nitrogens with zero attached hydrogens (tertiary/aromatic N) is 4. The Morgan fingerprint density at radius 3 is 2.78 bits per heavy atom. The molecule has 0 spiro atoms. The number of aromatic nitrogens is 4. The number of thioether (sulfide) groups is 1. The number of hydrogen-bond acceptors (Lipinski definition) is 8. The second-order valence-corrected chi connectivity index (χ2v) is 7.92. The highest BCUT2D eigenvalue weighted by molar-refractivity contribution is 7.99. The van der Waals surface area contributed by atoms with Crippen LogP contribution >= 0.6 is 23.1 Å². The molecule has 3 aromatic rings. The first kappa shape index (κ1) is 16.2. The summed E-state index contributed by atoms with van der Waals surface area (Å²) in [6.45, 7) is 8.22. The topological polar surface area (TPSA) is 90.7 Å². The SMILES string of the molecule is CCCc1noc(C(C)Sc2nc(N)c3c(C)c(C)sc3n2)n1. The van der Waals surface area contributed by atoms with Gasteiger partial charge in [0.05, 0.1) is 10.6 Å². The van der Waals surface area contributed by atoms with Gasteiger partial charge in [-0.2, -0.15) is 4.98 Å². The van der Waals surface area contributed by atoms with E-state index in [4.69, 9.17) is 10.3 Å². The molecule has 3 heterocycles. The van der Waals surface area contributed by atoms with Gasteiger partial charge in [-0.1, -0.05) is 23.8 Å². The molecule has 3 aromatic heterocycles. The lowest BCUT2D eigenvalue weighted by molar-refractivity contribution is 0.374. The lowest BCUT2D eigenvalue weighted by Gasteiger charge is -2.06. The fourth-order valence-corrected chi connectivity index (χ4v) is 4.18. The summed E-state index contributed by atoms with van der Waals surface area (Å²) < 4.78 is 5.33. The molecule has 0 fully saturated rings. The summed E-state index contributed by atoms with van der Waals surface area (Å²) in [7, 11) is 0. The van der Waals surface area contributed by atoms with Crippen molar-refractivity contribution in [2.75, 3.05) is 5.73 Å². The summed E-state index contributed by atoms with van der Waals surface area (Å²) in [5, 5.41) is 5.57. The number of aryl methyl sites for hydroxylation is 3. The highest BCUT2D eigenvalue weighted by Crippen LogP contribution is 2.37. The Balaban J connectivity index is 1.85. The molecule has 3 rings (SSSR count). The lowest BCUT2D eigenvalue weighted by Crippen LogP contribution is -1.98. The molecule has 0 aromatic carbocycles. The third kappa shape index (κ3) is 3.18. The van der Waals surface area contributed by atoms with Crippen molar-refractivity contribution in [3.63, 3.8) is 0 Å². The predicted molar refractivity (Wildman–Crippen MR) is 93.9 cm³/mol. The molecule has 1 unspecified atom stereocenters. The largest absolute Gasteiger partial charge is 0.383 e. The Hall–Kier alpha value is -1.67. The average molecular weight is 349 g/mol. The molecule has 0 aliphatic rings. The van der Waals surface area contributed by atoms with E-state index in [1.807, 2.05) is 6.92 Å². The van der Waals surface area contributed by atoms with Crippen LogP contribution in [0.2, 0.25) is 0 Å². The van der Waals surface area contributed by atoms with Crippen molar-refractivity contribution in [3.8, 4) is 0 Å². The smallest absolute Gasteiger partial charge is 0.239 e. The van der Waals surface area contributed by atoms with Gasteiger partial charge in [0.25, 0.3) is 0 Å². The van der Waals surface area contributed by atoms with Crippen LogP contribution in [0.15, 0.2) is 9.68 Å². The van der Waals surface area contributed by atoms with Crippen molar-refractivity contribution >= 4 is 39.1 Å². The number of rotatable bonds is 5. The number of fused-ring (bicyclic) bond motifs is 1. The maximum atomic E-state index is 6.12. The maximum Gasteiger partial charge on any atom is 0.239 e.